The van der Waals surface area contributed by atoms with E-state index in [9.17, 15) is 0 Å². The van der Waals surface area contributed by atoms with Gasteiger partial charge in [-0.15, -0.1) is 11.8 Å². The molecular weight excluding hydrogens is 220 g/mol. The average Bonchev–Trinajstić information content (AvgIpc) is 2.31. The first-order valence-electron chi connectivity index (χ1n) is 5.71. The molecule has 88 valence electrons. The zero-order valence-electron chi connectivity index (χ0n) is 9.56. The lowest BCUT2D eigenvalue weighted by Crippen LogP contribution is -2.17. The van der Waals surface area contributed by atoms with Crippen LogP contribution in [0.5, 0.6) is 0 Å². The minimum atomic E-state index is 0.0159. The molecule has 2 heterocycles. The molecule has 0 aromatic carbocycles. The first kappa shape index (κ1) is 11.9. The monoisotopic (exact) mass is 238 g/mol. The standard InChI is InChI=1S/C12H18N2OS/c1-9(13)12-3-2-11(8-14-12)16-10-4-6-15-7-5-10/h2-3,8-10H,4-7,13H2,1H3/t9-/m1/s1. The second kappa shape index (κ2) is 5.66. The topological polar surface area (TPSA) is 48.1 Å². The Hall–Kier alpha value is -0.580. The van der Waals surface area contributed by atoms with Crippen molar-refractivity contribution in [2.75, 3.05) is 13.2 Å². The van der Waals surface area contributed by atoms with Crippen molar-refractivity contribution in [1.82, 2.24) is 4.98 Å². The van der Waals surface area contributed by atoms with Gasteiger partial charge in [-0.25, -0.2) is 0 Å². The fourth-order valence-electron chi connectivity index (χ4n) is 1.72. The predicted molar refractivity (Wildman–Crippen MR) is 66.5 cm³/mol. The Morgan fingerprint density at radius 2 is 2.19 bits per heavy atom. The summed E-state index contributed by atoms with van der Waals surface area (Å²) in [7, 11) is 0. The Bertz CT molecular complexity index is 320. The van der Waals surface area contributed by atoms with Gasteiger partial charge in [0.25, 0.3) is 0 Å². The average molecular weight is 238 g/mol. The summed E-state index contributed by atoms with van der Waals surface area (Å²) in [4.78, 5) is 5.60. The van der Waals surface area contributed by atoms with Gasteiger partial charge in [0.15, 0.2) is 0 Å². The van der Waals surface area contributed by atoms with Crippen LogP contribution < -0.4 is 5.73 Å². The van der Waals surface area contributed by atoms with E-state index in [2.05, 4.69) is 11.1 Å². The van der Waals surface area contributed by atoms with E-state index in [1.807, 2.05) is 30.9 Å². The third-order valence-electron chi connectivity index (χ3n) is 2.70. The van der Waals surface area contributed by atoms with Gasteiger partial charge in [-0.3, -0.25) is 4.98 Å². The summed E-state index contributed by atoms with van der Waals surface area (Å²) in [6.07, 6.45) is 4.21. The van der Waals surface area contributed by atoms with E-state index < -0.39 is 0 Å². The third kappa shape index (κ3) is 3.20. The van der Waals surface area contributed by atoms with Gasteiger partial charge >= 0.3 is 0 Å². The lowest BCUT2D eigenvalue weighted by molar-refractivity contribution is 0.100. The van der Waals surface area contributed by atoms with Gasteiger partial charge in [0, 0.05) is 35.6 Å². The fraction of sp³-hybridized carbons (Fsp3) is 0.583. The molecule has 1 aromatic rings. The molecule has 4 heteroatoms. The first-order valence-corrected chi connectivity index (χ1v) is 6.59. The van der Waals surface area contributed by atoms with Crippen LogP contribution in [-0.4, -0.2) is 23.4 Å². The molecule has 2 N–H and O–H groups in total. The molecule has 16 heavy (non-hydrogen) atoms. The number of nitrogens with zero attached hydrogens (tertiary/aromatic N) is 1. The summed E-state index contributed by atoms with van der Waals surface area (Å²) < 4.78 is 5.34. The van der Waals surface area contributed by atoms with Crippen LogP contribution in [0.1, 0.15) is 31.5 Å². The number of pyridine rings is 1. The normalized spacial score (nSPS) is 19.6. The number of rotatable bonds is 3. The molecule has 1 fully saturated rings. The van der Waals surface area contributed by atoms with Crippen molar-refractivity contribution in [3.05, 3.63) is 24.0 Å². The number of ether oxygens (including phenoxy) is 1. The molecule has 0 amide bonds. The molecular formula is C12H18N2OS. The van der Waals surface area contributed by atoms with Crippen LogP contribution in [0, 0.1) is 0 Å². The summed E-state index contributed by atoms with van der Waals surface area (Å²) in [6, 6.07) is 4.15. The van der Waals surface area contributed by atoms with E-state index in [0.29, 0.717) is 5.25 Å². The van der Waals surface area contributed by atoms with Crippen molar-refractivity contribution in [3.63, 3.8) is 0 Å². The third-order valence-corrected chi connectivity index (χ3v) is 4.02. The van der Waals surface area contributed by atoms with E-state index in [0.717, 1.165) is 31.7 Å². The van der Waals surface area contributed by atoms with Crippen LogP contribution in [0.3, 0.4) is 0 Å². The van der Waals surface area contributed by atoms with E-state index in [4.69, 9.17) is 10.5 Å². The van der Waals surface area contributed by atoms with Crippen molar-refractivity contribution < 1.29 is 4.74 Å². The molecule has 0 saturated carbocycles. The summed E-state index contributed by atoms with van der Waals surface area (Å²) in [5.74, 6) is 0. The first-order chi connectivity index (χ1) is 7.75. The summed E-state index contributed by atoms with van der Waals surface area (Å²) in [6.45, 7) is 3.74. The molecule has 0 spiro atoms. The smallest absolute Gasteiger partial charge is 0.0569 e. The number of hydrogen-bond acceptors (Lipinski definition) is 4. The van der Waals surface area contributed by atoms with Crippen LogP contribution >= 0.6 is 11.8 Å². The van der Waals surface area contributed by atoms with Crippen molar-refractivity contribution >= 4 is 11.8 Å². The molecule has 3 nitrogen and oxygen atoms in total. The van der Waals surface area contributed by atoms with Crippen molar-refractivity contribution in [2.45, 2.75) is 36.0 Å². The highest BCUT2D eigenvalue weighted by Crippen LogP contribution is 2.29. The largest absolute Gasteiger partial charge is 0.381 e. The molecule has 1 atom stereocenters. The summed E-state index contributed by atoms with van der Waals surface area (Å²) >= 11 is 1.90. The maximum atomic E-state index is 5.76. The van der Waals surface area contributed by atoms with Crippen molar-refractivity contribution in [2.24, 2.45) is 5.73 Å². The Morgan fingerprint density at radius 1 is 1.44 bits per heavy atom. The zero-order valence-corrected chi connectivity index (χ0v) is 10.4. The molecule has 2 rings (SSSR count). The molecule has 0 bridgehead atoms. The van der Waals surface area contributed by atoms with Crippen LogP contribution in [0.15, 0.2) is 23.2 Å². The van der Waals surface area contributed by atoms with Crippen LogP contribution in [0.2, 0.25) is 0 Å². The molecule has 0 radical (unpaired) electrons. The predicted octanol–water partition coefficient (Wildman–Crippen LogP) is 2.37. The number of thioether (sulfide) groups is 1. The maximum absolute atomic E-state index is 5.76. The Kier molecular flexibility index (Phi) is 4.21. The Morgan fingerprint density at radius 3 is 2.75 bits per heavy atom. The Labute approximate surface area is 101 Å². The highest BCUT2D eigenvalue weighted by molar-refractivity contribution is 8.00. The van der Waals surface area contributed by atoms with Gasteiger partial charge in [-0.2, -0.15) is 0 Å². The minimum absolute atomic E-state index is 0.0159. The summed E-state index contributed by atoms with van der Waals surface area (Å²) in [5, 5.41) is 0.677. The van der Waals surface area contributed by atoms with Crippen LogP contribution in [0.4, 0.5) is 0 Å². The van der Waals surface area contributed by atoms with Gasteiger partial charge < -0.3 is 10.5 Å². The highest BCUT2D eigenvalue weighted by Gasteiger charge is 2.15. The van der Waals surface area contributed by atoms with Crippen molar-refractivity contribution in [3.8, 4) is 0 Å². The lowest BCUT2D eigenvalue weighted by atomic mass is 10.2. The van der Waals surface area contributed by atoms with E-state index in [-0.39, 0.29) is 6.04 Å². The summed E-state index contributed by atoms with van der Waals surface area (Å²) in [5.41, 5.74) is 6.72. The second-order valence-corrected chi connectivity index (χ2v) is 5.51. The van der Waals surface area contributed by atoms with Gasteiger partial charge in [0.2, 0.25) is 0 Å². The van der Waals surface area contributed by atoms with E-state index in [1.165, 1.54) is 4.90 Å². The maximum Gasteiger partial charge on any atom is 0.0569 e. The highest BCUT2D eigenvalue weighted by atomic mass is 32.2. The molecule has 1 aliphatic heterocycles. The second-order valence-electron chi connectivity index (χ2n) is 4.14. The molecule has 1 aromatic heterocycles. The van der Waals surface area contributed by atoms with Crippen LogP contribution in [0.25, 0.3) is 0 Å². The molecule has 1 aliphatic rings. The fourth-order valence-corrected chi connectivity index (χ4v) is 2.79. The molecule has 0 unspecified atom stereocenters. The van der Waals surface area contributed by atoms with Gasteiger partial charge in [-0.05, 0) is 31.9 Å². The van der Waals surface area contributed by atoms with Gasteiger partial charge in [0.1, 0.15) is 0 Å². The van der Waals surface area contributed by atoms with E-state index >= 15 is 0 Å². The zero-order chi connectivity index (χ0) is 11.4. The van der Waals surface area contributed by atoms with Gasteiger partial charge in [0.05, 0.1) is 5.69 Å². The Balaban J connectivity index is 1.93. The van der Waals surface area contributed by atoms with E-state index in [1.54, 1.807) is 0 Å². The molecule has 0 aliphatic carbocycles. The quantitative estimate of drug-likeness (QED) is 0.878. The van der Waals surface area contributed by atoms with Crippen LogP contribution in [-0.2, 0) is 4.74 Å². The minimum Gasteiger partial charge on any atom is -0.381 e. The van der Waals surface area contributed by atoms with Gasteiger partial charge in [-0.1, -0.05) is 0 Å². The molecule has 1 saturated heterocycles. The SMILES string of the molecule is C[C@@H](N)c1ccc(SC2CCOCC2)cn1. The number of hydrogen-bond donors (Lipinski definition) is 1. The van der Waals surface area contributed by atoms with Crippen molar-refractivity contribution in [1.29, 1.82) is 0 Å². The number of nitrogens with two attached hydrogens (primary N) is 1. The number of aromatic nitrogens is 1. The lowest BCUT2D eigenvalue weighted by Gasteiger charge is -2.21.